The van der Waals surface area contributed by atoms with E-state index in [-0.39, 0.29) is 17.6 Å². The molecule has 2 amide bonds. The Bertz CT molecular complexity index is 1380. The van der Waals surface area contributed by atoms with E-state index < -0.39 is 5.91 Å². The Hall–Kier alpha value is -4.06. The number of rotatable bonds is 4. The van der Waals surface area contributed by atoms with Crippen molar-refractivity contribution < 1.29 is 14.7 Å². The summed E-state index contributed by atoms with van der Waals surface area (Å²) in [6.45, 7) is 4.73. The zero-order chi connectivity index (χ0) is 21.7. The van der Waals surface area contributed by atoms with E-state index in [1.165, 1.54) is 6.08 Å². The average molecular weight is 411 g/mol. The van der Waals surface area contributed by atoms with Crippen molar-refractivity contribution in [3.63, 3.8) is 0 Å². The Morgan fingerprint density at radius 2 is 1.87 bits per heavy atom. The lowest BCUT2D eigenvalue weighted by molar-refractivity contribution is -0.130. The fraction of sp³-hybridized carbons (Fsp3) is 0.120. The van der Waals surface area contributed by atoms with Crippen LogP contribution in [0.4, 0.5) is 0 Å². The third kappa shape index (κ3) is 3.13. The van der Waals surface area contributed by atoms with Gasteiger partial charge in [-0.05, 0) is 58.3 Å². The van der Waals surface area contributed by atoms with Crippen LogP contribution in [0.5, 0.6) is 5.75 Å². The van der Waals surface area contributed by atoms with Crippen LogP contribution in [0.3, 0.4) is 0 Å². The molecule has 0 aliphatic carbocycles. The third-order valence-corrected chi connectivity index (χ3v) is 5.99. The molecule has 5 rings (SSSR count). The predicted octanol–water partition coefficient (Wildman–Crippen LogP) is 3.90. The maximum absolute atomic E-state index is 12.3. The first kappa shape index (κ1) is 18.9. The molecule has 0 saturated carbocycles. The number of carbonyl (C=O) groups excluding carboxylic acids is 2. The van der Waals surface area contributed by atoms with E-state index in [1.807, 2.05) is 36.4 Å². The number of fused-ring (bicyclic) bond motifs is 2. The molecule has 6 nitrogen and oxygen atoms in total. The molecule has 3 aromatic carbocycles. The minimum absolute atomic E-state index is 0.0803. The van der Waals surface area contributed by atoms with Gasteiger partial charge in [0.15, 0.2) is 0 Å². The fourth-order valence-electron chi connectivity index (χ4n) is 4.36. The first-order valence-corrected chi connectivity index (χ1v) is 10.0. The van der Waals surface area contributed by atoms with Crippen molar-refractivity contribution in [2.75, 3.05) is 13.1 Å². The van der Waals surface area contributed by atoms with Crippen LogP contribution in [0.1, 0.15) is 22.0 Å². The summed E-state index contributed by atoms with van der Waals surface area (Å²) < 4.78 is 0. The number of nitrogens with one attached hydrogen (secondary N) is 1. The van der Waals surface area contributed by atoms with Crippen LogP contribution < -0.4 is 5.73 Å². The highest BCUT2D eigenvalue weighted by molar-refractivity contribution is 6.09. The van der Waals surface area contributed by atoms with Crippen LogP contribution in [0.15, 0.2) is 67.3 Å². The number of aromatic amines is 1. The molecule has 31 heavy (non-hydrogen) atoms. The Balaban J connectivity index is 1.63. The van der Waals surface area contributed by atoms with E-state index in [1.54, 1.807) is 23.1 Å². The topological polar surface area (TPSA) is 99.4 Å². The normalized spacial score (nSPS) is 14.0. The maximum atomic E-state index is 12.3. The van der Waals surface area contributed by atoms with Gasteiger partial charge in [0.05, 0.1) is 0 Å². The second-order valence-corrected chi connectivity index (χ2v) is 7.93. The van der Waals surface area contributed by atoms with Crippen LogP contribution >= 0.6 is 0 Å². The lowest BCUT2D eigenvalue weighted by Gasteiger charge is -2.38. The number of hydrogen-bond acceptors (Lipinski definition) is 3. The maximum Gasteiger partial charge on any atom is 0.249 e. The van der Waals surface area contributed by atoms with E-state index in [2.05, 4.69) is 11.6 Å². The van der Waals surface area contributed by atoms with Crippen LogP contribution in [0, 0.1) is 0 Å². The van der Waals surface area contributed by atoms with Crippen molar-refractivity contribution in [3.05, 3.63) is 78.5 Å². The highest BCUT2D eigenvalue weighted by Gasteiger charge is 2.32. The molecule has 1 aliphatic rings. The summed E-state index contributed by atoms with van der Waals surface area (Å²) in [5.74, 6) is -0.271. The van der Waals surface area contributed by atoms with Crippen molar-refractivity contribution in [3.8, 4) is 16.9 Å². The second kappa shape index (κ2) is 7.02. The van der Waals surface area contributed by atoms with Gasteiger partial charge in [-0.25, -0.2) is 0 Å². The molecule has 1 saturated heterocycles. The number of benzene rings is 3. The number of carbonyl (C=O) groups is 2. The van der Waals surface area contributed by atoms with Crippen LogP contribution in [-0.2, 0) is 4.79 Å². The van der Waals surface area contributed by atoms with Crippen molar-refractivity contribution in [1.29, 1.82) is 0 Å². The summed E-state index contributed by atoms with van der Waals surface area (Å²) >= 11 is 0. The van der Waals surface area contributed by atoms with Crippen molar-refractivity contribution in [2.24, 2.45) is 5.73 Å². The summed E-state index contributed by atoms with van der Waals surface area (Å²) in [4.78, 5) is 29.1. The second-order valence-electron chi connectivity index (χ2n) is 7.93. The van der Waals surface area contributed by atoms with Crippen molar-refractivity contribution >= 4 is 33.5 Å². The summed E-state index contributed by atoms with van der Waals surface area (Å²) in [6, 6.07) is 16.9. The number of phenols is 1. The van der Waals surface area contributed by atoms with Crippen LogP contribution in [0.25, 0.3) is 32.8 Å². The van der Waals surface area contributed by atoms with Gasteiger partial charge in [-0.3, -0.25) is 9.59 Å². The number of phenolic OH excluding ortho intramolecular Hbond substituents is 1. The molecule has 154 valence electrons. The summed E-state index contributed by atoms with van der Waals surface area (Å²) in [5, 5.41) is 12.9. The predicted molar refractivity (Wildman–Crippen MR) is 121 cm³/mol. The van der Waals surface area contributed by atoms with Crippen LogP contribution in [-0.4, -0.2) is 39.9 Å². The Kier molecular flexibility index (Phi) is 4.29. The summed E-state index contributed by atoms with van der Waals surface area (Å²) in [5.41, 5.74) is 9.50. The molecule has 0 atom stereocenters. The van der Waals surface area contributed by atoms with Gasteiger partial charge >= 0.3 is 0 Å². The minimum atomic E-state index is -0.515. The molecule has 0 bridgehead atoms. The smallest absolute Gasteiger partial charge is 0.249 e. The number of H-pyrrole nitrogens is 1. The number of nitrogens with zero attached hydrogens (tertiary/aromatic N) is 1. The first-order valence-electron chi connectivity index (χ1n) is 10.0. The van der Waals surface area contributed by atoms with Gasteiger partial charge in [-0.1, -0.05) is 30.8 Å². The molecule has 1 aliphatic heterocycles. The zero-order valence-electron chi connectivity index (χ0n) is 16.8. The van der Waals surface area contributed by atoms with E-state index in [4.69, 9.17) is 5.73 Å². The van der Waals surface area contributed by atoms with Gasteiger partial charge in [0.1, 0.15) is 5.75 Å². The Labute approximate surface area is 178 Å². The van der Waals surface area contributed by atoms with Crippen molar-refractivity contribution in [1.82, 2.24) is 9.88 Å². The van der Waals surface area contributed by atoms with Gasteiger partial charge < -0.3 is 20.7 Å². The highest BCUT2D eigenvalue weighted by atomic mass is 16.3. The first-order chi connectivity index (χ1) is 14.9. The molecule has 1 fully saturated rings. The third-order valence-electron chi connectivity index (χ3n) is 5.99. The zero-order valence-corrected chi connectivity index (χ0v) is 16.8. The SMILES string of the molecule is C=CC(=O)N1CC(c2cc3c(C(N)=O)cc(-c4cc(O)cc5ccccc45)cc3[nH]2)C1. The molecule has 1 aromatic heterocycles. The lowest BCUT2D eigenvalue weighted by atomic mass is 9.94. The number of likely N-dealkylation sites (tertiary alicyclic amines) is 1. The number of hydrogen-bond donors (Lipinski definition) is 3. The van der Waals surface area contributed by atoms with Crippen molar-refractivity contribution in [2.45, 2.75) is 5.92 Å². The molecule has 4 aromatic rings. The molecule has 2 heterocycles. The van der Waals surface area contributed by atoms with E-state index in [9.17, 15) is 14.7 Å². The minimum Gasteiger partial charge on any atom is -0.508 e. The van der Waals surface area contributed by atoms with Gasteiger partial charge in [0.25, 0.3) is 0 Å². The van der Waals surface area contributed by atoms with Gasteiger partial charge in [-0.15, -0.1) is 0 Å². The number of aromatic nitrogens is 1. The largest absolute Gasteiger partial charge is 0.508 e. The van der Waals surface area contributed by atoms with E-state index in [0.717, 1.165) is 38.5 Å². The molecule has 0 unspecified atom stereocenters. The fourth-order valence-corrected chi connectivity index (χ4v) is 4.36. The standard InChI is InChI=1S/C25H21N3O3/c1-2-24(30)28-12-16(13-28)22-11-20-21(25(26)31)8-15(9-23(20)27-22)19-10-17(29)7-14-5-3-4-6-18(14)19/h2-11,16,27,29H,1,12-13H2,(H2,26,31). The molecule has 0 spiro atoms. The monoisotopic (exact) mass is 411 g/mol. The molecule has 4 N–H and O–H groups in total. The Morgan fingerprint density at radius 3 is 2.61 bits per heavy atom. The number of amides is 2. The van der Waals surface area contributed by atoms with Gasteiger partial charge in [0, 0.05) is 41.2 Å². The number of nitrogens with two attached hydrogens (primary N) is 1. The quantitative estimate of drug-likeness (QED) is 0.444. The summed E-state index contributed by atoms with van der Waals surface area (Å²) in [6.07, 6.45) is 1.32. The molecular formula is C25H21N3O3. The van der Waals surface area contributed by atoms with Gasteiger partial charge in [-0.2, -0.15) is 0 Å². The van der Waals surface area contributed by atoms with Gasteiger partial charge in [0.2, 0.25) is 11.8 Å². The lowest BCUT2D eigenvalue weighted by Crippen LogP contribution is -2.47. The number of aromatic hydroxyl groups is 1. The van der Waals surface area contributed by atoms with Crippen LogP contribution in [0.2, 0.25) is 0 Å². The number of primary amides is 1. The molecule has 0 radical (unpaired) electrons. The molecule has 6 heteroatoms. The van der Waals surface area contributed by atoms with E-state index >= 15 is 0 Å². The van der Waals surface area contributed by atoms with E-state index in [0.29, 0.717) is 18.7 Å². The summed E-state index contributed by atoms with van der Waals surface area (Å²) in [7, 11) is 0. The average Bonchev–Trinajstić information content (AvgIpc) is 3.14. The molecular weight excluding hydrogens is 390 g/mol. The Morgan fingerprint density at radius 1 is 1.10 bits per heavy atom. The highest BCUT2D eigenvalue weighted by Crippen LogP contribution is 2.37.